The van der Waals surface area contributed by atoms with Gasteiger partial charge in [-0.1, -0.05) is 11.8 Å². The molecule has 0 unspecified atom stereocenters. The number of hydrogen-bond acceptors (Lipinski definition) is 8. The predicted octanol–water partition coefficient (Wildman–Crippen LogP) is 3.08. The normalized spacial score (nSPS) is 21.9. The Hall–Kier alpha value is -2.88. The number of thioether (sulfide) groups is 1. The fourth-order valence-corrected chi connectivity index (χ4v) is 5.24. The van der Waals surface area contributed by atoms with Crippen molar-refractivity contribution in [3.63, 3.8) is 0 Å². The molecule has 9 nitrogen and oxygen atoms in total. The lowest BCUT2D eigenvalue weighted by Crippen LogP contribution is -2.36. The molecule has 1 aliphatic carbocycles. The van der Waals surface area contributed by atoms with Crippen molar-refractivity contribution >= 4 is 40.5 Å². The highest BCUT2D eigenvalue weighted by Gasteiger charge is 2.26. The molecule has 0 spiro atoms. The zero-order chi connectivity index (χ0) is 20.3. The van der Waals surface area contributed by atoms with E-state index in [-0.39, 0.29) is 0 Å². The van der Waals surface area contributed by atoms with Crippen molar-refractivity contribution in [3.8, 4) is 0 Å². The number of H-pyrrole nitrogens is 2. The number of fused-ring (bicyclic) bond motifs is 1. The lowest BCUT2D eigenvalue weighted by atomic mass is 9.84. The summed E-state index contributed by atoms with van der Waals surface area (Å²) in [7, 11) is 0. The molecule has 1 aliphatic heterocycles. The molecular weight excluding hydrogens is 398 g/mol. The number of nitrogens with one attached hydrogen (secondary N) is 2. The molecule has 4 N–H and O–H groups in total. The molecule has 5 rings (SSSR count). The molecule has 0 amide bonds. The Kier molecular flexibility index (Phi) is 5.39. The Morgan fingerprint density at radius 3 is 2.93 bits per heavy atom. The van der Waals surface area contributed by atoms with Crippen LogP contribution in [0.5, 0.6) is 0 Å². The summed E-state index contributed by atoms with van der Waals surface area (Å²) in [6.45, 7) is 0.725. The van der Waals surface area contributed by atoms with Gasteiger partial charge < -0.3 is 15.6 Å². The summed E-state index contributed by atoms with van der Waals surface area (Å²) in [4.78, 5) is 23.1. The number of rotatable bonds is 6. The lowest BCUT2D eigenvalue weighted by Gasteiger charge is -2.37. The van der Waals surface area contributed by atoms with Crippen LogP contribution in [0, 0.1) is 5.92 Å². The highest BCUT2D eigenvalue weighted by atomic mass is 32.2. The molecule has 0 saturated heterocycles. The molecule has 2 aliphatic rings. The van der Waals surface area contributed by atoms with E-state index in [2.05, 4.69) is 46.2 Å². The van der Waals surface area contributed by atoms with Crippen LogP contribution in [0.1, 0.15) is 37.8 Å². The third-order valence-corrected chi connectivity index (χ3v) is 6.81. The SMILES string of the molecule is Nc1nc(SCCC2CCC(N3C=C(c4ncnc5[nH]ccc45)C=NC3)CC2)n[nH]1. The van der Waals surface area contributed by atoms with Crippen molar-refractivity contribution in [3.05, 3.63) is 30.5 Å². The molecule has 1 fully saturated rings. The van der Waals surface area contributed by atoms with E-state index in [1.807, 2.05) is 18.5 Å². The molecule has 0 atom stereocenters. The van der Waals surface area contributed by atoms with Crippen LogP contribution in [0.2, 0.25) is 0 Å². The van der Waals surface area contributed by atoms with E-state index in [0.29, 0.717) is 12.0 Å². The molecule has 10 heteroatoms. The monoisotopic (exact) mass is 423 g/mol. The Labute approximate surface area is 178 Å². The average molecular weight is 424 g/mol. The van der Waals surface area contributed by atoms with E-state index >= 15 is 0 Å². The van der Waals surface area contributed by atoms with Crippen molar-refractivity contribution in [1.29, 1.82) is 0 Å². The number of anilines is 1. The van der Waals surface area contributed by atoms with Gasteiger partial charge in [0.15, 0.2) is 0 Å². The Bertz CT molecular complexity index is 1060. The molecule has 0 aromatic carbocycles. The minimum absolute atomic E-state index is 0.383. The maximum absolute atomic E-state index is 5.58. The van der Waals surface area contributed by atoms with Crippen LogP contribution < -0.4 is 5.73 Å². The summed E-state index contributed by atoms with van der Waals surface area (Å²) in [6, 6.07) is 2.56. The van der Waals surface area contributed by atoms with Gasteiger partial charge in [0.1, 0.15) is 18.6 Å². The second-order valence-corrected chi connectivity index (χ2v) is 8.89. The summed E-state index contributed by atoms with van der Waals surface area (Å²) in [5, 5.41) is 8.55. The van der Waals surface area contributed by atoms with Gasteiger partial charge in [-0.15, -0.1) is 5.10 Å². The quantitative estimate of drug-likeness (QED) is 0.520. The first-order chi connectivity index (χ1) is 14.8. The van der Waals surface area contributed by atoms with E-state index in [9.17, 15) is 0 Å². The maximum atomic E-state index is 5.58. The molecule has 0 radical (unpaired) electrons. The fraction of sp³-hybridized carbons (Fsp3) is 0.450. The van der Waals surface area contributed by atoms with E-state index in [1.165, 1.54) is 32.1 Å². The minimum Gasteiger partial charge on any atom is -0.368 e. The van der Waals surface area contributed by atoms with Gasteiger partial charge in [-0.05, 0) is 44.1 Å². The van der Waals surface area contributed by atoms with Gasteiger partial charge in [-0.3, -0.25) is 4.99 Å². The second-order valence-electron chi connectivity index (χ2n) is 7.83. The fourth-order valence-electron chi connectivity index (χ4n) is 4.34. The largest absolute Gasteiger partial charge is 0.368 e. The minimum atomic E-state index is 0.383. The zero-order valence-electron chi connectivity index (χ0n) is 16.7. The number of aromatic amines is 2. The molecule has 4 heterocycles. The second kappa shape index (κ2) is 8.47. The highest BCUT2D eigenvalue weighted by Crippen LogP contribution is 2.33. The standard InChI is InChI=1S/C20H25N9S/c21-19-26-20(28-27-19)30-8-6-13-1-3-15(4-2-13)29-10-14(9-22-12-29)17-16-5-7-23-18(16)25-11-24-17/h5,7,9-11,13,15H,1-4,6,8,12H2,(H,23,24,25)(H3,21,26,27,28). The molecule has 3 aromatic heterocycles. The molecule has 30 heavy (non-hydrogen) atoms. The van der Waals surface area contributed by atoms with Gasteiger partial charge >= 0.3 is 0 Å². The van der Waals surface area contributed by atoms with E-state index in [0.717, 1.165) is 45.8 Å². The zero-order valence-corrected chi connectivity index (χ0v) is 17.5. The van der Waals surface area contributed by atoms with Crippen LogP contribution in [0.3, 0.4) is 0 Å². The number of nitrogens with zero attached hydrogens (tertiary/aromatic N) is 6. The number of hydrogen-bond donors (Lipinski definition) is 3. The highest BCUT2D eigenvalue weighted by molar-refractivity contribution is 7.99. The van der Waals surface area contributed by atoms with Gasteiger partial charge in [0.25, 0.3) is 0 Å². The van der Waals surface area contributed by atoms with Gasteiger partial charge in [-0.25, -0.2) is 15.1 Å². The van der Waals surface area contributed by atoms with Crippen molar-refractivity contribution in [2.24, 2.45) is 10.9 Å². The number of aromatic nitrogens is 6. The third kappa shape index (κ3) is 4.04. The number of allylic oxidation sites excluding steroid dienone is 1. The lowest BCUT2D eigenvalue weighted by molar-refractivity contribution is 0.188. The Morgan fingerprint density at radius 1 is 1.20 bits per heavy atom. The number of nitrogen functional groups attached to an aromatic ring is 1. The summed E-state index contributed by atoms with van der Waals surface area (Å²) in [5.41, 5.74) is 8.43. The van der Waals surface area contributed by atoms with Crippen molar-refractivity contribution in [1.82, 2.24) is 35.0 Å². The van der Waals surface area contributed by atoms with Crippen molar-refractivity contribution < 1.29 is 0 Å². The van der Waals surface area contributed by atoms with Crippen LogP contribution in [-0.2, 0) is 0 Å². The van der Waals surface area contributed by atoms with E-state index in [4.69, 9.17) is 5.73 Å². The topological polar surface area (TPSA) is 125 Å². The van der Waals surface area contributed by atoms with Crippen LogP contribution >= 0.6 is 11.8 Å². The third-order valence-electron chi connectivity index (χ3n) is 5.93. The Morgan fingerprint density at radius 2 is 2.10 bits per heavy atom. The first-order valence-electron chi connectivity index (χ1n) is 10.3. The molecule has 1 saturated carbocycles. The van der Waals surface area contributed by atoms with Crippen LogP contribution in [0.4, 0.5) is 5.95 Å². The molecule has 3 aromatic rings. The van der Waals surface area contributed by atoms with Crippen LogP contribution in [-0.4, -0.2) is 59.7 Å². The van der Waals surface area contributed by atoms with Crippen LogP contribution in [0.25, 0.3) is 16.6 Å². The van der Waals surface area contributed by atoms with E-state index < -0.39 is 0 Å². The molecule has 156 valence electrons. The Balaban J connectivity index is 1.17. The van der Waals surface area contributed by atoms with Gasteiger partial charge in [0.05, 0.1) is 5.69 Å². The van der Waals surface area contributed by atoms with Gasteiger partial charge in [0.2, 0.25) is 11.1 Å². The summed E-state index contributed by atoms with van der Waals surface area (Å²) in [5.74, 6) is 2.18. The molecule has 0 bridgehead atoms. The predicted molar refractivity (Wildman–Crippen MR) is 119 cm³/mol. The maximum Gasteiger partial charge on any atom is 0.216 e. The smallest absolute Gasteiger partial charge is 0.216 e. The van der Waals surface area contributed by atoms with E-state index in [1.54, 1.807) is 18.1 Å². The average Bonchev–Trinajstić information content (AvgIpc) is 3.43. The number of nitrogens with two attached hydrogens (primary N) is 1. The first kappa shape index (κ1) is 19.1. The molecular formula is C20H25N9S. The summed E-state index contributed by atoms with van der Waals surface area (Å²) >= 11 is 1.68. The summed E-state index contributed by atoms with van der Waals surface area (Å²) in [6.07, 6.45) is 13.8. The van der Waals surface area contributed by atoms with Crippen molar-refractivity contribution in [2.45, 2.75) is 43.3 Å². The van der Waals surface area contributed by atoms with Crippen LogP contribution in [0.15, 0.2) is 34.9 Å². The first-order valence-corrected chi connectivity index (χ1v) is 11.3. The van der Waals surface area contributed by atoms with Gasteiger partial charge in [0, 0.05) is 41.4 Å². The van der Waals surface area contributed by atoms with Gasteiger partial charge in [-0.2, -0.15) is 4.98 Å². The summed E-state index contributed by atoms with van der Waals surface area (Å²) < 4.78 is 0. The van der Waals surface area contributed by atoms with Crippen molar-refractivity contribution in [2.75, 3.05) is 18.2 Å². The number of aliphatic imine (C=N–C) groups is 1.